The molecule has 2 aromatic heterocycles. The van der Waals surface area contributed by atoms with Gasteiger partial charge in [0.05, 0.1) is 12.8 Å². The first-order chi connectivity index (χ1) is 14.2. The van der Waals surface area contributed by atoms with E-state index >= 15 is 0 Å². The quantitative estimate of drug-likeness (QED) is 0.599. The van der Waals surface area contributed by atoms with Gasteiger partial charge in [0.15, 0.2) is 0 Å². The molecule has 0 aliphatic carbocycles. The van der Waals surface area contributed by atoms with Crippen LogP contribution >= 0.6 is 0 Å². The van der Waals surface area contributed by atoms with Gasteiger partial charge in [0.25, 0.3) is 0 Å². The normalized spacial score (nSPS) is 13.8. The van der Waals surface area contributed by atoms with E-state index in [2.05, 4.69) is 43.7 Å². The molecule has 0 bridgehead atoms. The number of nitrogens with zero attached hydrogens (tertiary/aromatic N) is 3. The van der Waals surface area contributed by atoms with Crippen LogP contribution < -0.4 is 20.3 Å². The summed E-state index contributed by atoms with van der Waals surface area (Å²) in [5, 5.41) is 6.74. The summed E-state index contributed by atoms with van der Waals surface area (Å²) < 4.78 is 5.66. The predicted octanol–water partition coefficient (Wildman–Crippen LogP) is 5.27. The van der Waals surface area contributed by atoms with Gasteiger partial charge in [-0.3, -0.25) is 0 Å². The van der Waals surface area contributed by atoms with Crippen LogP contribution in [0.1, 0.15) is 24.8 Å². The average Bonchev–Trinajstić information content (AvgIpc) is 2.77. The SMILES string of the molecule is COc1cc(N2CCCCC2)ccc1Nc1cc(Nc2ccccn2)c(C)cn1. The lowest BCUT2D eigenvalue weighted by atomic mass is 10.1. The number of rotatable bonds is 6. The van der Waals surface area contributed by atoms with Crippen molar-refractivity contribution in [3.8, 4) is 5.75 Å². The second-order valence-corrected chi connectivity index (χ2v) is 7.28. The molecule has 0 amide bonds. The van der Waals surface area contributed by atoms with Crippen LogP contribution in [0.3, 0.4) is 0 Å². The molecule has 0 saturated carbocycles. The number of hydrogen-bond donors (Lipinski definition) is 2. The van der Waals surface area contributed by atoms with Crippen molar-refractivity contribution in [3.05, 3.63) is 60.4 Å². The van der Waals surface area contributed by atoms with Gasteiger partial charge in [-0.2, -0.15) is 0 Å². The van der Waals surface area contributed by atoms with Gasteiger partial charge in [-0.25, -0.2) is 9.97 Å². The summed E-state index contributed by atoms with van der Waals surface area (Å²) in [6.07, 6.45) is 7.44. The minimum absolute atomic E-state index is 0.748. The van der Waals surface area contributed by atoms with Crippen LogP contribution in [0.25, 0.3) is 0 Å². The highest BCUT2D eigenvalue weighted by molar-refractivity contribution is 5.72. The molecule has 1 fully saturated rings. The fourth-order valence-corrected chi connectivity index (χ4v) is 3.57. The standard InChI is InChI=1S/C23H27N5O/c1-17-16-25-23(15-20(17)27-22-8-4-5-11-24-22)26-19-10-9-18(14-21(19)29-2)28-12-6-3-7-13-28/h4-5,8-11,14-16H,3,6-7,12-13H2,1-2H3,(H2,24,25,26,27). The fraction of sp³-hybridized carbons (Fsp3) is 0.304. The van der Waals surface area contributed by atoms with Crippen LogP contribution in [0.4, 0.5) is 28.7 Å². The van der Waals surface area contributed by atoms with Gasteiger partial charge >= 0.3 is 0 Å². The molecule has 3 aromatic rings. The lowest BCUT2D eigenvalue weighted by molar-refractivity contribution is 0.416. The number of ether oxygens (including phenoxy) is 1. The topological polar surface area (TPSA) is 62.3 Å². The Hall–Kier alpha value is -3.28. The molecule has 0 spiro atoms. The van der Waals surface area contributed by atoms with E-state index in [9.17, 15) is 0 Å². The van der Waals surface area contributed by atoms with E-state index in [1.165, 1.54) is 24.9 Å². The molecule has 3 heterocycles. The van der Waals surface area contributed by atoms with E-state index in [1.807, 2.05) is 37.4 Å². The Balaban J connectivity index is 1.54. The van der Waals surface area contributed by atoms with Crippen molar-refractivity contribution in [2.45, 2.75) is 26.2 Å². The molecule has 0 atom stereocenters. The summed E-state index contributed by atoms with van der Waals surface area (Å²) in [6, 6.07) is 14.1. The number of aryl methyl sites for hydroxylation is 1. The monoisotopic (exact) mass is 389 g/mol. The Labute approximate surface area is 172 Å². The number of nitrogens with one attached hydrogen (secondary N) is 2. The lowest BCUT2D eigenvalue weighted by Gasteiger charge is -2.29. The number of aromatic nitrogens is 2. The van der Waals surface area contributed by atoms with Crippen molar-refractivity contribution < 1.29 is 4.74 Å². The summed E-state index contributed by atoms with van der Waals surface area (Å²) in [5.41, 5.74) is 4.12. The minimum atomic E-state index is 0.748. The third-order valence-corrected chi connectivity index (χ3v) is 5.20. The molecule has 29 heavy (non-hydrogen) atoms. The maximum Gasteiger partial charge on any atom is 0.144 e. The second-order valence-electron chi connectivity index (χ2n) is 7.28. The third-order valence-electron chi connectivity index (χ3n) is 5.20. The Morgan fingerprint density at radius 1 is 0.897 bits per heavy atom. The van der Waals surface area contributed by atoms with Crippen molar-refractivity contribution >= 4 is 28.7 Å². The number of hydrogen-bond acceptors (Lipinski definition) is 6. The van der Waals surface area contributed by atoms with Gasteiger partial charge in [0.2, 0.25) is 0 Å². The lowest BCUT2D eigenvalue weighted by Crippen LogP contribution is -2.29. The second kappa shape index (κ2) is 8.82. The van der Waals surface area contributed by atoms with Crippen LogP contribution in [-0.2, 0) is 0 Å². The van der Waals surface area contributed by atoms with Crippen molar-refractivity contribution in [1.82, 2.24) is 9.97 Å². The van der Waals surface area contributed by atoms with E-state index < -0.39 is 0 Å². The first-order valence-corrected chi connectivity index (χ1v) is 10.1. The molecule has 4 rings (SSSR count). The zero-order valence-electron chi connectivity index (χ0n) is 17.0. The van der Waals surface area contributed by atoms with Gasteiger partial charge in [-0.05, 0) is 56.0 Å². The summed E-state index contributed by atoms with van der Waals surface area (Å²) in [7, 11) is 1.71. The highest BCUT2D eigenvalue weighted by atomic mass is 16.5. The molecule has 2 N–H and O–H groups in total. The molecular formula is C23H27N5O. The van der Waals surface area contributed by atoms with Gasteiger partial charge < -0.3 is 20.3 Å². The smallest absolute Gasteiger partial charge is 0.144 e. The molecule has 1 saturated heterocycles. The third kappa shape index (κ3) is 4.59. The molecule has 0 radical (unpaired) electrons. The molecular weight excluding hydrogens is 362 g/mol. The Bertz CT molecular complexity index is 955. The molecule has 6 heteroatoms. The van der Waals surface area contributed by atoms with Crippen LogP contribution in [0.15, 0.2) is 54.9 Å². The summed E-state index contributed by atoms with van der Waals surface area (Å²) in [4.78, 5) is 11.3. The minimum Gasteiger partial charge on any atom is -0.494 e. The van der Waals surface area contributed by atoms with E-state index in [1.54, 1.807) is 13.3 Å². The van der Waals surface area contributed by atoms with Crippen LogP contribution in [0, 0.1) is 6.92 Å². The van der Waals surface area contributed by atoms with Crippen LogP contribution in [-0.4, -0.2) is 30.2 Å². The van der Waals surface area contributed by atoms with Gasteiger partial charge in [0, 0.05) is 49.0 Å². The summed E-state index contributed by atoms with van der Waals surface area (Å²) >= 11 is 0. The first-order valence-electron chi connectivity index (χ1n) is 10.1. The molecule has 1 aliphatic rings. The summed E-state index contributed by atoms with van der Waals surface area (Å²) in [6.45, 7) is 4.24. The Kier molecular flexibility index (Phi) is 5.79. The largest absolute Gasteiger partial charge is 0.494 e. The number of piperidine rings is 1. The Morgan fingerprint density at radius 2 is 1.72 bits per heavy atom. The van der Waals surface area contributed by atoms with Gasteiger partial charge in [-0.1, -0.05) is 6.07 Å². The van der Waals surface area contributed by atoms with Crippen LogP contribution in [0.2, 0.25) is 0 Å². The number of pyridine rings is 2. The molecule has 6 nitrogen and oxygen atoms in total. The van der Waals surface area contributed by atoms with Crippen LogP contribution in [0.5, 0.6) is 5.75 Å². The zero-order chi connectivity index (χ0) is 20.1. The number of anilines is 5. The highest BCUT2D eigenvalue weighted by Gasteiger charge is 2.14. The average molecular weight is 390 g/mol. The highest BCUT2D eigenvalue weighted by Crippen LogP contribution is 2.33. The first kappa shape index (κ1) is 19.1. The zero-order valence-corrected chi connectivity index (χ0v) is 17.0. The van der Waals surface area contributed by atoms with E-state index in [4.69, 9.17) is 4.74 Å². The number of benzene rings is 1. The van der Waals surface area contributed by atoms with Crippen molar-refractivity contribution in [2.24, 2.45) is 0 Å². The Morgan fingerprint density at radius 3 is 2.48 bits per heavy atom. The summed E-state index contributed by atoms with van der Waals surface area (Å²) in [5.74, 6) is 2.36. The van der Waals surface area contributed by atoms with Gasteiger partial charge in [-0.15, -0.1) is 0 Å². The molecule has 150 valence electrons. The maximum absolute atomic E-state index is 5.66. The van der Waals surface area contributed by atoms with Gasteiger partial charge in [0.1, 0.15) is 17.4 Å². The predicted molar refractivity (Wildman–Crippen MR) is 119 cm³/mol. The van der Waals surface area contributed by atoms with Crippen molar-refractivity contribution in [2.75, 3.05) is 35.7 Å². The maximum atomic E-state index is 5.66. The van der Waals surface area contributed by atoms with Crippen molar-refractivity contribution in [1.29, 1.82) is 0 Å². The number of methoxy groups -OCH3 is 1. The van der Waals surface area contributed by atoms with E-state index in [0.717, 1.165) is 47.4 Å². The van der Waals surface area contributed by atoms with E-state index in [-0.39, 0.29) is 0 Å². The molecule has 1 aliphatic heterocycles. The molecule has 1 aromatic carbocycles. The fourth-order valence-electron chi connectivity index (χ4n) is 3.57. The van der Waals surface area contributed by atoms with Crippen molar-refractivity contribution in [3.63, 3.8) is 0 Å². The van der Waals surface area contributed by atoms with E-state index in [0.29, 0.717) is 0 Å². The molecule has 0 unspecified atom stereocenters.